The summed E-state index contributed by atoms with van der Waals surface area (Å²) < 4.78 is 4.96. The number of aliphatic carboxylic acids is 1. The Hall–Kier alpha value is -0.750. The first-order valence-electron chi connectivity index (χ1n) is 5.37. The van der Waals surface area contributed by atoms with Crippen LogP contribution in [0.5, 0.6) is 0 Å². The van der Waals surface area contributed by atoms with Gasteiger partial charge in [0.25, 0.3) is 0 Å². The largest absolute Gasteiger partial charge is 0.481 e. The van der Waals surface area contributed by atoms with Gasteiger partial charge in [0.1, 0.15) is 0 Å². The van der Waals surface area contributed by atoms with E-state index in [1.54, 1.807) is 18.7 Å². The third-order valence-corrected chi connectivity index (χ3v) is 3.29. The Kier molecular flexibility index (Phi) is 7.22. The Balaban J connectivity index is 4.42. The fourth-order valence-corrected chi connectivity index (χ4v) is 1.83. The third kappa shape index (κ3) is 7.23. The van der Waals surface area contributed by atoms with Crippen LogP contribution in [0.15, 0.2) is 0 Å². The summed E-state index contributed by atoms with van der Waals surface area (Å²) in [4.78, 5) is 22.5. The van der Waals surface area contributed by atoms with Crippen LogP contribution in [-0.4, -0.2) is 47.7 Å². The molecule has 0 bridgehead atoms. The van der Waals surface area contributed by atoms with E-state index in [4.69, 9.17) is 9.84 Å². The number of hydrogen-bond acceptors (Lipinski definition) is 4. The van der Waals surface area contributed by atoms with Crippen LogP contribution in [0, 0.1) is 0 Å². The minimum Gasteiger partial charge on any atom is -0.481 e. The summed E-state index contributed by atoms with van der Waals surface area (Å²) in [5.41, 5.74) is -0.851. The second-order valence-corrected chi connectivity index (χ2v) is 5.64. The molecule has 0 aromatic heterocycles. The topological polar surface area (TPSA) is 75.6 Å². The van der Waals surface area contributed by atoms with Crippen LogP contribution in [0.25, 0.3) is 0 Å². The summed E-state index contributed by atoms with van der Waals surface area (Å²) in [6, 6.07) is 0. The zero-order chi connectivity index (χ0) is 13.5. The van der Waals surface area contributed by atoms with E-state index < -0.39 is 11.5 Å². The molecule has 0 saturated carbocycles. The number of nitrogens with one attached hydrogen (secondary N) is 1. The molecule has 0 fully saturated rings. The molecule has 0 radical (unpaired) electrons. The number of hydrogen-bond donors (Lipinski definition) is 2. The minimum atomic E-state index is -0.956. The van der Waals surface area contributed by atoms with Crippen molar-refractivity contribution in [1.82, 2.24) is 5.32 Å². The standard InChI is InChI=1S/C11H21NO4S/c1-8(17-4)5-9(13)12-11(2,7-16-3)6-10(14)15/h8H,5-7H2,1-4H3,(H,12,13)(H,14,15). The molecule has 100 valence electrons. The number of ether oxygens (including phenoxy) is 1. The van der Waals surface area contributed by atoms with Crippen molar-refractivity contribution in [3.63, 3.8) is 0 Å². The number of thioether (sulfide) groups is 1. The number of carbonyl (C=O) groups is 2. The average Bonchev–Trinajstić information content (AvgIpc) is 2.15. The van der Waals surface area contributed by atoms with Crippen LogP contribution in [0.2, 0.25) is 0 Å². The maximum Gasteiger partial charge on any atom is 0.305 e. The van der Waals surface area contributed by atoms with Crippen molar-refractivity contribution < 1.29 is 19.4 Å². The molecule has 0 saturated heterocycles. The molecule has 2 N–H and O–H groups in total. The molecule has 0 aliphatic rings. The van der Waals surface area contributed by atoms with Crippen molar-refractivity contribution in [3.8, 4) is 0 Å². The highest BCUT2D eigenvalue weighted by atomic mass is 32.2. The van der Waals surface area contributed by atoms with Gasteiger partial charge in [-0.2, -0.15) is 11.8 Å². The summed E-state index contributed by atoms with van der Waals surface area (Å²) in [6.07, 6.45) is 2.16. The van der Waals surface area contributed by atoms with E-state index in [0.717, 1.165) is 0 Å². The molecule has 2 unspecified atom stereocenters. The first-order valence-corrected chi connectivity index (χ1v) is 6.66. The quantitative estimate of drug-likeness (QED) is 0.686. The Labute approximate surface area is 106 Å². The lowest BCUT2D eigenvalue weighted by molar-refractivity contribution is -0.139. The van der Waals surface area contributed by atoms with E-state index in [9.17, 15) is 9.59 Å². The predicted molar refractivity (Wildman–Crippen MR) is 68.3 cm³/mol. The van der Waals surface area contributed by atoms with Gasteiger partial charge >= 0.3 is 5.97 Å². The van der Waals surface area contributed by atoms with Crippen molar-refractivity contribution in [2.24, 2.45) is 0 Å². The zero-order valence-electron chi connectivity index (χ0n) is 10.8. The molecule has 0 spiro atoms. The van der Waals surface area contributed by atoms with Crippen LogP contribution in [0.1, 0.15) is 26.7 Å². The summed E-state index contributed by atoms with van der Waals surface area (Å²) >= 11 is 1.60. The van der Waals surface area contributed by atoms with Crippen molar-refractivity contribution in [2.45, 2.75) is 37.5 Å². The second kappa shape index (κ2) is 7.55. The van der Waals surface area contributed by atoms with E-state index in [-0.39, 0.29) is 24.2 Å². The minimum absolute atomic E-state index is 0.146. The molecular formula is C11H21NO4S. The number of methoxy groups -OCH3 is 1. The number of carboxylic acid groups (broad SMARTS) is 1. The molecule has 5 nitrogen and oxygen atoms in total. The fraction of sp³-hybridized carbons (Fsp3) is 0.818. The van der Waals surface area contributed by atoms with Gasteiger partial charge in [0.2, 0.25) is 5.91 Å². The highest BCUT2D eigenvalue weighted by Gasteiger charge is 2.29. The van der Waals surface area contributed by atoms with E-state index in [0.29, 0.717) is 6.42 Å². The first-order chi connectivity index (χ1) is 7.83. The van der Waals surface area contributed by atoms with E-state index in [2.05, 4.69) is 5.32 Å². The van der Waals surface area contributed by atoms with E-state index in [1.807, 2.05) is 13.2 Å². The van der Waals surface area contributed by atoms with Gasteiger partial charge in [-0.05, 0) is 13.2 Å². The Morgan fingerprint density at radius 2 is 2.12 bits per heavy atom. The van der Waals surface area contributed by atoms with Crippen LogP contribution in [0.3, 0.4) is 0 Å². The number of rotatable bonds is 8. The predicted octanol–water partition coefficient (Wildman–Crippen LogP) is 1.12. The Morgan fingerprint density at radius 3 is 2.53 bits per heavy atom. The highest BCUT2D eigenvalue weighted by Crippen LogP contribution is 2.14. The molecule has 0 aromatic rings. The lowest BCUT2D eigenvalue weighted by Gasteiger charge is -2.28. The lowest BCUT2D eigenvalue weighted by atomic mass is 9.98. The summed E-state index contributed by atoms with van der Waals surface area (Å²) in [7, 11) is 1.48. The van der Waals surface area contributed by atoms with E-state index in [1.165, 1.54) is 7.11 Å². The summed E-state index contributed by atoms with van der Waals surface area (Å²) in [5.74, 6) is -1.10. The molecule has 0 aliphatic heterocycles. The van der Waals surface area contributed by atoms with Gasteiger partial charge in [0.15, 0.2) is 0 Å². The lowest BCUT2D eigenvalue weighted by Crippen LogP contribution is -2.51. The van der Waals surface area contributed by atoms with Crippen molar-refractivity contribution in [1.29, 1.82) is 0 Å². The van der Waals surface area contributed by atoms with Crippen LogP contribution in [-0.2, 0) is 14.3 Å². The average molecular weight is 263 g/mol. The maximum atomic E-state index is 11.7. The van der Waals surface area contributed by atoms with Crippen LogP contribution < -0.4 is 5.32 Å². The normalized spacial score (nSPS) is 16.0. The molecule has 0 heterocycles. The van der Waals surface area contributed by atoms with E-state index >= 15 is 0 Å². The maximum absolute atomic E-state index is 11.7. The third-order valence-electron chi connectivity index (χ3n) is 2.32. The van der Waals surface area contributed by atoms with Gasteiger partial charge in [0.05, 0.1) is 18.6 Å². The second-order valence-electron chi connectivity index (χ2n) is 4.36. The first kappa shape index (κ1) is 16.2. The van der Waals surface area contributed by atoms with Gasteiger partial charge in [0, 0.05) is 18.8 Å². The van der Waals surface area contributed by atoms with Gasteiger partial charge in [-0.25, -0.2) is 0 Å². The summed E-state index contributed by atoms with van der Waals surface area (Å²) in [6.45, 7) is 3.81. The molecule has 2 atom stereocenters. The molecule has 6 heteroatoms. The van der Waals surface area contributed by atoms with Gasteiger partial charge in [-0.15, -0.1) is 0 Å². The van der Waals surface area contributed by atoms with Gasteiger partial charge < -0.3 is 15.2 Å². The number of carboxylic acids is 1. The Morgan fingerprint density at radius 1 is 1.53 bits per heavy atom. The molecule has 0 aromatic carbocycles. The number of carbonyl (C=O) groups excluding carboxylic acids is 1. The van der Waals surface area contributed by atoms with Crippen molar-refractivity contribution in [3.05, 3.63) is 0 Å². The molecule has 0 aliphatic carbocycles. The van der Waals surface area contributed by atoms with Crippen molar-refractivity contribution >= 4 is 23.6 Å². The van der Waals surface area contributed by atoms with Crippen LogP contribution in [0.4, 0.5) is 0 Å². The number of amides is 1. The zero-order valence-corrected chi connectivity index (χ0v) is 11.6. The monoisotopic (exact) mass is 263 g/mol. The van der Waals surface area contributed by atoms with Gasteiger partial charge in [-0.3, -0.25) is 9.59 Å². The fourth-order valence-electron chi connectivity index (χ4n) is 1.52. The highest BCUT2D eigenvalue weighted by molar-refractivity contribution is 7.99. The SMILES string of the molecule is COCC(C)(CC(=O)O)NC(=O)CC(C)SC. The summed E-state index contributed by atoms with van der Waals surface area (Å²) in [5, 5.41) is 11.8. The smallest absolute Gasteiger partial charge is 0.305 e. The molecular weight excluding hydrogens is 242 g/mol. The van der Waals surface area contributed by atoms with Gasteiger partial charge in [-0.1, -0.05) is 6.92 Å². The Bertz CT molecular complexity index is 272. The molecule has 0 rings (SSSR count). The molecule has 1 amide bonds. The van der Waals surface area contributed by atoms with Crippen LogP contribution >= 0.6 is 11.8 Å². The molecule has 17 heavy (non-hydrogen) atoms. The van der Waals surface area contributed by atoms with Crippen molar-refractivity contribution in [2.75, 3.05) is 20.0 Å².